The lowest BCUT2D eigenvalue weighted by molar-refractivity contribution is 0.496. The van der Waals surface area contributed by atoms with Gasteiger partial charge in [0, 0.05) is 37.4 Å². The van der Waals surface area contributed by atoms with Crippen LogP contribution < -0.4 is 10.2 Å². The third-order valence-corrected chi connectivity index (χ3v) is 3.48. The van der Waals surface area contributed by atoms with Crippen LogP contribution in [0.15, 0.2) is 23.5 Å². The Labute approximate surface area is 108 Å². The first-order valence-corrected chi connectivity index (χ1v) is 6.33. The number of hydrogen-bond acceptors (Lipinski definition) is 5. The highest BCUT2D eigenvalue weighted by atomic mass is 16.3. The van der Waals surface area contributed by atoms with Gasteiger partial charge < -0.3 is 10.2 Å². The van der Waals surface area contributed by atoms with Gasteiger partial charge in [0.05, 0.1) is 0 Å². The standard InChI is InChI=1S/C13H20N4O/c1-10-8-14-6-7-17(10)12-5-4-11(9-15-12)13(2,3)16-18/h4-5,9-10,14H,6-8H2,1-3H3. The molecule has 1 aliphatic rings. The molecule has 0 radical (unpaired) electrons. The van der Waals surface area contributed by atoms with E-state index in [0.29, 0.717) is 6.04 Å². The third-order valence-electron chi connectivity index (χ3n) is 3.48. The van der Waals surface area contributed by atoms with Crippen LogP contribution in [0.1, 0.15) is 26.3 Å². The molecule has 0 saturated carbocycles. The van der Waals surface area contributed by atoms with E-state index < -0.39 is 5.54 Å². The molecule has 18 heavy (non-hydrogen) atoms. The van der Waals surface area contributed by atoms with Crippen molar-refractivity contribution in [1.82, 2.24) is 10.3 Å². The first-order chi connectivity index (χ1) is 8.54. The number of anilines is 1. The summed E-state index contributed by atoms with van der Waals surface area (Å²) in [5.74, 6) is 0.967. The monoisotopic (exact) mass is 248 g/mol. The summed E-state index contributed by atoms with van der Waals surface area (Å²) in [6.07, 6.45) is 1.76. The van der Waals surface area contributed by atoms with Crippen LogP contribution in [0, 0.1) is 4.91 Å². The third kappa shape index (κ3) is 2.51. The Morgan fingerprint density at radius 1 is 1.50 bits per heavy atom. The Bertz CT molecular complexity index is 416. The van der Waals surface area contributed by atoms with Gasteiger partial charge in [-0.2, -0.15) is 0 Å². The van der Waals surface area contributed by atoms with Crippen molar-refractivity contribution in [3.8, 4) is 0 Å². The maximum absolute atomic E-state index is 10.8. The Morgan fingerprint density at radius 3 is 2.83 bits per heavy atom. The lowest BCUT2D eigenvalue weighted by atomic mass is 9.97. The fourth-order valence-corrected chi connectivity index (χ4v) is 2.15. The number of nitrogens with zero attached hydrogens (tertiary/aromatic N) is 3. The fourth-order valence-electron chi connectivity index (χ4n) is 2.15. The van der Waals surface area contributed by atoms with Crippen molar-refractivity contribution in [3.63, 3.8) is 0 Å². The van der Waals surface area contributed by atoms with Gasteiger partial charge in [-0.1, -0.05) is 11.2 Å². The van der Waals surface area contributed by atoms with Gasteiger partial charge in [0.25, 0.3) is 0 Å². The molecule has 1 fully saturated rings. The van der Waals surface area contributed by atoms with Crippen LogP contribution in [0.3, 0.4) is 0 Å². The molecule has 1 N–H and O–H groups in total. The first-order valence-electron chi connectivity index (χ1n) is 6.33. The fraction of sp³-hybridized carbons (Fsp3) is 0.615. The highest BCUT2D eigenvalue weighted by molar-refractivity contribution is 5.42. The quantitative estimate of drug-likeness (QED) is 0.830. The molecular formula is C13H20N4O. The zero-order valence-electron chi connectivity index (χ0n) is 11.2. The van der Waals surface area contributed by atoms with Crippen molar-refractivity contribution < 1.29 is 0 Å². The highest BCUT2D eigenvalue weighted by Gasteiger charge is 2.23. The van der Waals surface area contributed by atoms with Crippen LogP contribution >= 0.6 is 0 Å². The summed E-state index contributed by atoms with van der Waals surface area (Å²) in [4.78, 5) is 17.5. The van der Waals surface area contributed by atoms with Gasteiger partial charge in [-0.3, -0.25) is 0 Å². The van der Waals surface area contributed by atoms with Gasteiger partial charge in [0.2, 0.25) is 0 Å². The summed E-state index contributed by atoms with van der Waals surface area (Å²) >= 11 is 0. The average Bonchev–Trinajstić information content (AvgIpc) is 2.39. The molecule has 1 atom stereocenters. The van der Waals surface area contributed by atoms with Crippen molar-refractivity contribution in [2.45, 2.75) is 32.4 Å². The first kappa shape index (κ1) is 13.0. The van der Waals surface area contributed by atoms with E-state index in [0.717, 1.165) is 31.0 Å². The van der Waals surface area contributed by atoms with Gasteiger partial charge in [-0.15, -0.1) is 4.91 Å². The second-order valence-corrected chi connectivity index (χ2v) is 5.30. The number of rotatable bonds is 3. The van der Waals surface area contributed by atoms with Crippen LogP contribution in [-0.2, 0) is 5.54 Å². The van der Waals surface area contributed by atoms with Gasteiger partial charge in [-0.25, -0.2) is 4.98 Å². The molecule has 1 aliphatic heterocycles. The summed E-state index contributed by atoms with van der Waals surface area (Å²) in [7, 11) is 0. The summed E-state index contributed by atoms with van der Waals surface area (Å²) < 4.78 is 0. The minimum absolute atomic E-state index is 0.439. The summed E-state index contributed by atoms with van der Waals surface area (Å²) in [5.41, 5.74) is 0.143. The molecule has 2 rings (SSSR count). The molecule has 0 aliphatic carbocycles. The highest BCUT2D eigenvalue weighted by Crippen LogP contribution is 2.25. The molecule has 98 valence electrons. The minimum atomic E-state index is -0.708. The van der Waals surface area contributed by atoms with Crippen LogP contribution in [0.25, 0.3) is 0 Å². The normalized spacial score (nSPS) is 20.8. The molecule has 1 aromatic rings. The number of nitrogens with one attached hydrogen (secondary N) is 1. The number of pyridine rings is 1. The molecule has 1 aromatic heterocycles. The molecule has 2 heterocycles. The van der Waals surface area contributed by atoms with Gasteiger partial charge >= 0.3 is 0 Å². The minimum Gasteiger partial charge on any atom is -0.351 e. The van der Waals surface area contributed by atoms with Gasteiger partial charge in [-0.05, 0) is 26.8 Å². The zero-order valence-corrected chi connectivity index (χ0v) is 11.2. The molecule has 1 unspecified atom stereocenters. The van der Waals surface area contributed by atoms with E-state index in [1.807, 2.05) is 12.1 Å². The summed E-state index contributed by atoms with van der Waals surface area (Å²) in [6.45, 7) is 8.69. The van der Waals surface area contributed by atoms with Crippen LogP contribution in [0.4, 0.5) is 5.82 Å². The predicted octanol–water partition coefficient (Wildman–Crippen LogP) is 1.88. The zero-order chi connectivity index (χ0) is 13.2. The molecular weight excluding hydrogens is 228 g/mol. The van der Waals surface area contributed by atoms with E-state index in [9.17, 15) is 4.91 Å². The topological polar surface area (TPSA) is 57.6 Å². The lowest BCUT2D eigenvalue weighted by Crippen LogP contribution is -2.50. The molecule has 0 aromatic carbocycles. The smallest absolute Gasteiger partial charge is 0.128 e. The summed E-state index contributed by atoms with van der Waals surface area (Å²) in [5, 5.41) is 6.49. The van der Waals surface area contributed by atoms with Crippen molar-refractivity contribution in [1.29, 1.82) is 0 Å². The Kier molecular flexibility index (Phi) is 3.61. The van der Waals surface area contributed by atoms with Crippen molar-refractivity contribution in [2.75, 3.05) is 24.5 Å². The predicted molar refractivity (Wildman–Crippen MR) is 72.7 cm³/mol. The lowest BCUT2D eigenvalue weighted by Gasteiger charge is -2.35. The van der Waals surface area contributed by atoms with E-state index >= 15 is 0 Å². The number of hydrogen-bond donors (Lipinski definition) is 1. The molecule has 1 saturated heterocycles. The van der Waals surface area contributed by atoms with E-state index in [2.05, 4.69) is 27.3 Å². The maximum Gasteiger partial charge on any atom is 0.128 e. The van der Waals surface area contributed by atoms with Crippen molar-refractivity contribution in [3.05, 3.63) is 28.8 Å². The second-order valence-electron chi connectivity index (χ2n) is 5.30. The largest absolute Gasteiger partial charge is 0.351 e. The Morgan fingerprint density at radius 2 is 2.28 bits per heavy atom. The second kappa shape index (κ2) is 5.02. The Hall–Kier alpha value is -1.49. The molecule has 0 bridgehead atoms. The van der Waals surface area contributed by atoms with E-state index in [1.165, 1.54) is 0 Å². The molecule has 0 amide bonds. The van der Waals surface area contributed by atoms with Gasteiger partial charge in [0.1, 0.15) is 11.4 Å². The molecule has 0 spiro atoms. The maximum atomic E-state index is 10.8. The average molecular weight is 248 g/mol. The Balaban J connectivity index is 2.19. The summed E-state index contributed by atoms with van der Waals surface area (Å²) in [6, 6.07) is 4.36. The van der Waals surface area contributed by atoms with Crippen molar-refractivity contribution in [2.24, 2.45) is 5.18 Å². The number of piperazine rings is 1. The van der Waals surface area contributed by atoms with Gasteiger partial charge in [0.15, 0.2) is 0 Å². The number of aromatic nitrogens is 1. The van der Waals surface area contributed by atoms with E-state index in [4.69, 9.17) is 0 Å². The van der Waals surface area contributed by atoms with Crippen LogP contribution in [-0.4, -0.2) is 30.7 Å². The molecule has 5 nitrogen and oxygen atoms in total. The van der Waals surface area contributed by atoms with Crippen molar-refractivity contribution >= 4 is 5.82 Å². The van der Waals surface area contributed by atoms with E-state index in [-0.39, 0.29) is 0 Å². The number of nitroso groups, excluding NO2 is 1. The van der Waals surface area contributed by atoms with Crippen LogP contribution in [0.2, 0.25) is 0 Å². The van der Waals surface area contributed by atoms with Crippen LogP contribution in [0.5, 0.6) is 0 Å². The molecule has 5 heteroatoms. The van der Waals surface area contributed by atoms with E-state index in [1.54, 1.807) is 20.0 Å². The SMILES string of the molecule is CC1CNCCN1c1ccc(C(C)(C)N=O)cn1.